The number of carboxylic acids is 1. The summed E-state index contributed by atoms with van der Waals surface area (Å²) in [5.41, 5.74) is -0.717. The van der Waals surface area contributed by atoms with Crippen molar-refractivity contribution in [2.45, 2.75) is 83.7 Å². The molecule has 1 aliphatic heterocycles. The van der Waals surface area contributed by atoms with Gasteiger partial charge in [-0.3, -0.25) is 4.79 Å². The normalized spacial score (nSPS) is 23.6. The van der Waals surface area contributed by atoms with Crippen LogP contribution in [0.15, 0.2) is 36.4 Å². The first kappa shape index (κ1) is 31.6. The van der Waals surface area contributed by atoms with Crippen molar-refractivity contribution in [2.24, 2.45) is 17.3 Å². The Labute approximate surface area is 244 Å². The number of likely N-dealkylation sites (tertiary alicyclic amines) is 1. The van der Waals surface area contributed by atoms with E-state index < -0.39 is 47.2 Å². The standard InChI is InChI=1S/C31H40F3N3O5/c1-30(2,3)24-25(35-17-19-16-20(31(32,33)34)14-15-22(19)41-4)26(21-12-9-13-23(36-21)42-5)37(27(24)29(39)40)28(38)18-10-7-6-8-11-18/h9,12-16,18,24-27,35H,6-8,10-11,17H2,1-5H3,(H,39,40). The van der Waals surface area contributed by atoms with E-state index in [9.17, 15) is 27.9 Å². The van der Waals surface area contributed by atoms with E-state index in [1.165, 1.54) is 25.2 Å². The van der Waals surface area contributed by atoms with E-state index in [0.29, 0.717) is 24.4 Å². The molecule has 230 valence electrons. The second kappa shape index (κ2) is 12.5. The Kier molecular flexibility index (Phi) is 9.39. The maximum Gasteiger partial charge on any atom is 0.416 e. The number of methoxy groups -OCH3 is 2. The van der Waals surface area contributed by atoms with Crippen molar-refractivity contribution in [2.75, 3.05) is 14.2 Å². The fourth-order valence-electron chi connectivity index (χ4n) is 6.63. The number of hydrogen-bond acceptors (Lipinski definition) is 6. The number of benzene rings is 1. The number of nitrogens with one attached hydrogen (secondary N) is 1. The van der Waals surface area contributed by atoms with Gasteiger partial charge in [0.1, 0.15) is 11.8 Å². The molecule has 4 atom stereocenters. The van der Waals surface area contributed by atoms with Crippen molar-refractivity contribution in [3.63, 3.8) is 0 Å². The van der Waals surface area contributed by atoms with Crippen molar-refractivity contribution < 1.29 is 37.3 Å². The number of carboxylic acid groups (broad SMARTS) is 1. The highest BCUT2D eigenvalue weighted by molar-refractivity contribution is 5.87. The summed E-state index contributed by atoms with van der Waals surface area (Å²) in [5, 5.41) is 14.0. The number of carbonyl (C=O) groups excluding carboxylic acids is 1. The molecule has 4 unspecified atom stereocenters. The average Bonchev–Trinajstić information content (AvgIpc) is 3.31. The Bertz CT molecular complexity index is 1270. The Morgan fingerprint density at radius 3 is 2.31 bits per heavy atom. The minimum atomic E-state index is -4.55. The molecule has 1 saturated carbocycles. The van der Waals surface area contributed by atoms with E-state index in [4.69, 9.17) is 9.47 Å². The van der Waals surface area contributed by atoms with Crippen molar-refractivity contribution in [3.8, 4) is 11.6 Å². The largest absolute Gasteiger partial charge is 0.496 e. The first-order chi connectivity index (χ1) is 19.8. The van der Waals surface area contributed by atoms with Crippen molar-refractivity contribution in [1.82, 2.24) is 15.2 Å². The Morgan fingerprint density at radius 2 is 1.74 bits per heavy atom. The lowest BCUT2D eigenvalue weighted by Crippen LogP contribution is -2.49. The van der Waals surface area contributed by atoms with E-state index in [1.807, 2.05) is 20.8 Å². The second-order valence-electron chi connectivity index (χ2n) is 12.2. The summed E-state index contributed by atoms with van der Waals surface area (Å²) in [6.45, 7) is 5.69. The molecule has 2 N–H and O–H groups in total. The molecular weight excluding hydrogens is 551 g/mol. The van der Waals surface area contributed by atoms with E-state index >= 15 is 0 Å². The summed E-state index contributed by atoms with van der Waals surface area (Å²) < 4.78 is 51.5. The number of ether oxygens (including phenoxy) is 2. The molecule has 1 aliphatic carbocycles. The van der Waals surface area contributed by atoms with Crippen LogP contribution in [0.25, 0.3) is 0 Å². The van der Waals surface area contributed by atoms with Gasteiger partial charge in [-0.25, -0.2) is 9.78 Å². The lowest BCUT2D eigenvalue weighted by molar-refractivity contribution is -0.154. The first-order valence-electron chi connectivity index (χ1n) is 14.3. The van der Waals surface area contributed by atoms with Gasteiger partial charge in [0, 0.05) is 36.1 Å². The number of pyridine rings is 1. The lowest BCUT2D eigenvalue weighted by atomic mass is 9.72. The van der Waals surface area contributed by atoms with Crippen LogP contribution >= 0.6 is 0 Å². The van der Waals surface area contributed by atoms with E-state index in [-0.39, 0.29) is 29.7 Å². The van der Waals surface area contributed by atoms with Crippen LogP contribution in [0.5, 0.6) is 11.6 Å². The number of alkyl halides is 3. The minimum Gasteiger partial charge on any atom is -0.496 e. The summed E-state index contributed by atoms with van der Waals surface area (Å²) in [6.07, 6.45) is -0.375. The predicted molar refractivity (Wildman–Crippen MR) is 150 cm³/mol. The Morgan fingerprint density at radius 1 is 1.05 bits per heavy atom. The predicted octanol–water partition coefficient (Wildman–Crippen LogP) is 5.86. The molecule has 1 aromatic heterocycles. The first-order valence-corrected chi connectivity index (χ1v) is 14.3. The smallest absolute Gasteiger partial charge is 0.416 e. The van der Waals surface area contributed by atoms with E-state index in [1.54, 1.807) is 18.2 Å². The number of halogens is 3. The summed E-state index contributed by atoms with van der Waals surface area (Å²) in [7, 11) is 2.85. The second-order valence-corrected chi connectivity index (χ2v) is 12.2. The van der Waals surface area contributed by atoms with Gasteiger partial charge in [-0.15, -0.1) is 0 Å². The monoisotopic (exact) mass is 591 g/mol. The molecule has 1 amide bonds. The molecule has 4 rings (SSSR count). The van der Waals surface area contributed by atoms with Crippen molar-refractivity contribution in [1.29, 1.82) is 0 Å². The van der Waals surface area contributed by atoms with E-state index in [0.717, 1.165) is 31.4 Å². The van der Waals surface area contributed by atoms with Crippen LogP contribution in [-0.4, -0.2) is 53.2 Å². The summed E-state index contributed by atoms with van der Waals surface area (Å²) in [4.78, 5) is 33.4. The number of rotatable bonds is 8. The topological polar surface area (TPSA) is 101 Å². The Balaban J connectivity index is 1.85. The maximum atomic E-state index is 14.2. The van der Waals surface area contributed by atoms with Crippen molar-refractivity contribution in [3.05, 3.63) is 53.2 Å². The zero-order chi connectivity index (χ0) is 30.8. The number of hydrogen-bond donors (Lipinski definition) is 2. The summed E-state index contributed by atoms with van der Waals surface area (Å²) >= 11 is 0. The quantitative estimate of drug-likeness (QED) is 0.397. The Hall–Kier alpha value is -3.34. The third-order valence-electron chi connectivity index (χ3n) is 8.52. The SMILES string of the molecule is COc1cccc(C2C(NCc3cc(C(F)(F)F)ccc3OC)C(C(C)(C)C)C(C(=O)O)N2C(=O)C2CCCCC2)n1. The maximum absolute atomic E-state index is 14.2. The highest BCUT2D eigenvalue weighted by Crippen LogP contribution is 2.49. The number of carbonyl (C=O) groups is 2. The molecule has 0 radical (unpaired) electrons. The van der Waals surface area contributed by atoms with Gasteiger partial charge in [0.15, 0.2) is 0 Å². The molecule has 1 aromatic carbocycles. The van der Waals surface area contributed by atoms with Gasteiger partial charge in [-0.2, -0.15) is 13.2 Å². The van der Waals surface area contributed by atoms with Gasteiger partial charge < -0.3 is 24.8 Å². The molecule has 11 heteroatoms. The molecule has 42 heavy (non-hydrogen) atoms. The van der Waals surface area contributed by atoms with Crippen LogP contribution in [0, 0.1) is 17.3 Å². The van der Waals surface area contributed by atoms with Gasteiger partial charge in [0.25, 0.3) is 0 Å². The van der Waals surface area contributed by atoms with Crippen LogP contribution in [-0.2, 0) is 22.3 Å². The molecule has 2 aliphatic rings. The lowest BCUT2D eigenvalue weighted by Gasteiger charge is -2.36. The zero-order valence-electron chi connectivity index (χ0n) is 24.7. The van der Waals surface area contributed by atoms with E-state index in [2.05, 4.69) is 10.3 Å². The van der Waals surface area contributed by atoms with Crippen LogP contribution in [0.2, 0.25) is 0 Å². The zero-order valence-corrected chi connectivity index (χ0v) is 24.7. The molecule has 0 spiro atoms. The number of amides is 1. The molecule has 0 bridgehead atoms. The highest BCUT2D eigenvalue weighted by Gasteiger charge is 2.59. The third-order valence-corrected chi connectivity index (χ3v) is 8.52. The van der Waals surface area contributed by atoms with Crippen molar-refractivity contribution >= 4 is 11.9 Å². The number of aromatic nitrogens is 1. The van der Waals surface area contributed by atoms with Crippen LogP contribution < -0.4 is 14.8 Å². The van der Waals surface area contributed by atoms with Gasteiger partial charge in [0.2, 0.25) is 11.8 Å². The van der Waals surface area contributed by atoms with Gasteiger partial charge in [0.05, 0.1) is 31.5 Å². The van der Waals surface area contributed by atoms with Crippen LogP contribution in [0.3, 0.4) is 0 Å². The van der Waals surface area contributed by atoms with Crippen LogP contribution in [0.4, 0.5) is 13.2 Å². The molecule has 2 aromatic rings. The van der Waals surface area contributed by atoms with Gasteiger partial charge in [-0.05, 0) is 42.5 Å². The summed E-state index contributed by atoms with van der Waals surface area (Å²) in [5.74, 6) is -1.71. The highest BCUT2D eigenvalue weighted by atomic mass is 19.4. The third kappa shape index (κ3) is 6.50. The molecular formula is C31H40F3N3O5. The molecule has 1 saturated heterocycles. The van der Waals surface area contributed by atoms with Crippen LogP contribution in [0.1, 0.15) is 75.7 Å². The fraction of sp³-hybridized carbons (Fsp3) is 0.581. The molecule has 2 heterocycles. The molecule has 8 nitrogen and oxygen atoms in total. The molecule has 2 fully saturated rings. The fourth-order valence-corrected chi connectivity index (χ4v) is 6.63. The average molecular weight is 592 g/mol. The van der Waals surface area contributed by atoms with Gasteiger partial charge >= 0.3 is 12.1 Å². The summed E-state index contributed by atoms with van der Waals surface area (Å²) in [6, 6.07) is 5.74. The van der Waals surface area contributed by atoms with Gasteiger partial charge in [-0.1, -0.05) is 46.1 Å². The number of aliphatic carboxylic acids is 1. The minimum absolute atomic E-state index is 0.0530. The number of nitrogens with zero attached hydrogens (tertiary/aromatic N) is 2.